The van der Waals surface area contributed by atoms with Gasteiger partial charge in [0.15, 0.2) is 0 Å². The Bertz CT molecular complexity index is 3140. The van der Waals surface area contributed by atoms with Crippen molar-refractivity contribution < 1.29 is 82.8 Å². The number of hydrogen-bond acceptors (Lipinski definition) is 14. The minimum atomic E-state index is -4.93. The van der Waals surface area contributed by atoms with Crippen molar-refractivity contribution in [2.24, 2.45) is 0 Å². The number of aryl methyl sites for hydroxylation is 12. The van der Waals surface area contributed by atoms with Crippen LogP contribution in [0.1, 0.15) is 66.8 Å². The Morgan fingerprint density at radius 1 is 0.312 bits per heavy atom. The van der Waals surface area contributed by atoms with Gasteiger partial charge >= 0.3 is 317 Å². The van der Waals surface area contributed by atoms with Gasteiger partial charge in [-0.15, -0.1) is 0 Å². The third-order valence-electron chi connectivity index (χ3n) is 12.8. The second kappa shape index (κ2) is 24.5. The van der Waals surface area contributed by atoms with Gasteiger partial charge in [-0.05, 0) is 83.1 Å². The molecule has 0 fully saturated rings. The molecule has 8 rings (SSSR count). The maximum atomic E-state index is 12.9. The molecule has 12 nitrogen and oxygen atoms in total. The van der Waals surface area contributed by atoms with Crippen LogP contribution in [-0.4, -0.2) is 0 Å². The average molecular weight is 1330 g/mol. The first kappa shape index (κ1) is 62.3. The van der Waals surface area contributed by atoms with Crippen LogP contribution in [0.4, 0.5) is 0 Å². The van der Waals surface area contributed by atoms with Gasteiger partial charge in [-0.3, -0.25) is 0 Å². The molecule has 0 radical (unpaired) electrons. The molecule has 0 unspecified atom stereocenters. The van der Waals surface area contributed by atoms with E-state index in [2.05, 4.69) is 0 Å². The van der Waals surface area contributed by atoms with E-state index >= 15 is 0 Å². The second-order valence-electron chi connectivity index (χ2n) is 19.6. The van der Waals surface area contributed by atoms with Crippen LogP contribution < -0.4 is 41.9 Å². The summed E-state index contributed by atoms with van der Waals surface area (Å²) in [5, 5.41) is 0. The molecule has 0 saturated carbocycles. The Morgan fingerprint density at radius 2 is 0.525 bits per heavy atom. The summed E-state index contributed by atoms with van der Waals surface area (Å²) in [4.78, 5) is 6.64. The normalized spacial score (nSPS) is 13.2. The number of hydrogen-bond donors (Lipinski definition) is 0. The first-order valence-electron chi connectivity index (χ1n) is 24.7. The summed E-state index contributed by atoms with van der Waals surface area (Å²) < 4.78 is 132. The summed E-state index contributed by atoms with van der Waals surface area (Å²) in [6.45, 7) is 23.0. The van der Waals surface area contributed by atoms with Crippen LogP contribution in [0.25, 0.3) is 0 Å². The van der Waals surface area contributed by atoms with E-state index in [-0.39, 0.29) is 0 Å². The first-order valence-corrected chi connectivity index (χ1v) is 36.2. The SMILES string of the molecule is Cc1cc(C)c(S(O[Cl+3]([O-])([O-])[O-])(c2ccc(Sc3ccc(I(O[Cl+3]([O-])([O-])[O-])c4ccc(Sc5ccc(S(O[Cl+3]([O-])([O-])[O-])(c6c(C)cc(C)cc6C)c6c(C)cc(C)cc6C)cc5)cc4)cc3)cc2)c2c(C)cc(C)cc2C)c(C)c1. The first-order chi connectivity index (χ1) is 37.4. The van der Waals surface area contributed by atoms with E-state index in [1.807, 2.05) is 156 Å². The minimum Gasteiger partial charge on any atom is -0.0552 e. The number of halogens is 4. The van der Waals surface area contributed by atoms with Crippen LogP contribution in [0.3, 0.4) is 0 Å². The summed E-state index contributed by atoms with van der Waals surface area (Å²) in [5.74, 6) is 0. The maximum absolute atomic E-state index is 12.9. The molecule has 80 heavy (non-hydrogen) atoms. The van der Waals surface area contributed by atoms with E-state index in [1.165, 1.54) is 23.5 Å². The van der Waals surface area contributed by atoms with E-state index in [0.29, 0.717) is 36.5 Å². The molecule has 0 aliphatic rings. The van der Waals surface area contributed by atoms with E-state index in [0.717, 1.165) is 86.3 Å². The fraction of sp³-hybridized carbons (Fsp3) is 0.200. The molecule has 20 heteroatoms. The summed E-state index contributed by atoms with van der Waals surface area (Å²) >= 11 is -0.586. The molecular weight excluding hydrogens is 1270 g/mol. The molecule has 0 N–H and O–H groups in total. The van der Waals surface area contributed by atoms with E-state index in [9.17, 15) is 41.9 Å². The van der Waals surface area contributed by atoms with Crippen LogP contribution in [0.2, 0.25) is 0 Å². The Balaban J connectivity index is 1.07. The van der Waals surface area contributed by atoms with Gasteiger partial charge in [-0.1, -0.05) is 70.8 Å². The van der Waals surface area contributed by atoms with E-state index < -0.39 is 71.6 Å². The molecule has 8 aromatic rings. The molecule has 0 aromatic heterocycles. The Morgan fingerprint density at radius 3 is 0.725 bits per heavy atom. The summed E-state index contributed by atoms with van der Waals surface area (Å²) in [6.07, 6.45) is 0. The Labute approximate surface area is 494 Å². The van der Waals surface area contributed by atoms with Gasteiger partial charge in [0.25, 0.3) is 0 Å². The zero-order valence-corrected chi connectivity index (χ0v) is 53.6. The molecule has 0 saturated heterocycles. The van der Waals surface area contributed by atoms with Gasteiger partial charge in [0.05, 0.1) is 0 Å². The van der Waals surface area contributed by atoms with Gasteiger partial charge in [-0.2, -0.15) is 28.0 Å². The van der Waals surface area contributed by atoms with Crippen LogP contribution in [0.5, 0.6) is 0 Å². The van der Waals surface area contributed by atoms with Gasteiger partial charge in [0.2, 0.25) is 0 Å². The topological polar surface area (TPSA) is 235 Å². The second-order valence-corrected chi connectivity index (χ2v) is 35.0. The van der Waals surface area contributed by atoms with Gasteiger partial charge < -0.3 is 0 Å². The van der Waals surface area contributed by atoms with Crippen molar-refractivity contribution in [3.05, 3.63) is 219 Å². The third kappa shape index (κ3) is 13.9. The third-order valence-corrected chi connectivity index (χ3v) is 30.6. The van der Waals surface area contributed by atoms with E-state index in [4.69, 9.17) is 10.1 Å². The molecule has 0 amide bonds. The van der Waals surface area contributed by atoms with Crippen LogP contribution in [0.15, 0.2) is 195 Å². The fourth-order valence-corrected chi connectivity index (χ4v) is 27.7. The molecule has 0 aliphatic carbocycles. The molecule has 0 aliphatic heterocycles. The smallest absolute Gasteiger partial charge is 0.0552 e. The van der Waals surface area contributed by atoms with Crippen molar-refractivity contribution in [1.29, 1.82) is 0 Å². The van der Waals surface area contributed by atoms with Crippen molar-refractivity contribution >= 4 is 64.4 Å². The molecule has 8 aromatic carbocycles. The Hall–Kier alpha value is -3.72. The monoisotopic (exact) mass is 1330 g/mol. The quantitative estimate of drug-likeness (QED) is 0.0736. The minimum absolute atomic E-state index is 0.512. The molecule has 0 bridgehead atoms. The predicted molar refractivity (Wildman–Crippen MR) is 296 cm³/mol. The predicted octanol–water partition coefficient (Wildman–Crippen LogP) is 8.29. The van der Waals surface area contributed by atoms with Crippen LogP contribution >= 0.6 is 64.4 Å². The number of rotatable bonds is 18. The molecular formula is C60H60Cl3IO12S4. The summed E-state index contributed by atoms with van der Waals surface area (Å²) in [7, 11) is -21.0. The van der Waals surface area contributed by atoms with Crippen molar-refractivity contribution in [2.75, 3.05) is 0 Å². The van der Waals surface area contributed by atoms with Crippen molar-refractivity contribution in [3.63, 3.8) is 0 Å². The fourth-order valence-electron chi connectivity index (χ4n) is 10.8. The van der Waals surface area contributed by atoms with Gasteiger partial charge in [-0.25, -0.2) is 0 Å². The van der Waals surface area contributed by atoms with Gasteiger partial charge in [0, 0.05) is 0 Å². The molecule has 0 heterocycles. The standard InChI is InChI=1S/C60H60Cl3IO12S4/c1-37-29-41(5)57(42(6)30-37)79(75-62(68,69)70,58-43(7)31-38(2)32-44(58)8)55-25-21-53(22-26-55)77-51-17-13-49(14-18-51)64(74-61(65,66)67)50-15-19-52(20-16-50)78-54-23-27-56(28-24-54)80(76-63(71,72)73,59-45(9)33-39(3)34-46(59)10)60-47(11)35-40(4)36-48(60)12/h13-36H,1-12H3. The Kier molecular flexibility index (Phi) is 19.1. The van der Waals surface area contributed by atoms with Crippen LogP contribution in [-0.2, 0) is 10.1 Å². The zero-order chi connectivity index (χ0) is 58.4. The summed E-state index contributed by atoms with van der Waals surface area (Å²) in [5.41, 5.74) is 10.2. The summed E-state index contributed by atoms with van der Waals surface area (Å²) in [6, 6.07) is 44.4. The zero-order valence-electron chi connectivity index (χ0n) is 45.9. The average Bonchev–Trinajstić information content (AvgIpc) is 3.34. The van der Waals surface area contributed by atoms with Crippen molar-refractivity contribution in [3.8, 4) is 0 Å². The van der Waals surface area contributed by atoms with Crippen LogP contribution in [0, 0.1) is 121 Å². The van der Waals surface area contributed by atoms with Crippen molar-refractivity contribution in [1.82, 2.24) is 0 Å². The van der Waals surface area contributed by atoms with Crippen molar-refractivity contribution in [2.45, 2.75) is 132 Å². The van der Waals surface area contributed by atoms with E-state index in [1.54, 1.807) is 72.8 Å². The molecule has 0 atom stereocenters. The number of benzene rings is 8. The van der Waals surface area contributed by atoms with Gasteiger partial charge in [0.1, 0.15) is 0 Å². The molecule has 424 valence electrons. The molecule has 0 spiro atoms.